The fourth-order valence-electron chi connectivity index (χ4n) is 1.97. The Morgan fingerprint density at radius 1 is 1.31 bits per heavy atom. The number of nitrogens with two attached hydrogens (primary N) is 1. The maximum absolute atomic E-state index is 12.0. The largest absolute Gasteiger partial charge is 0.330 e. The zero-order valence-electron chi connectivity index (χ0n) is 9.09. The van der Waals surface area contributed by atoms with Crippen LogP contribution >= 0.6 is 0 Å². The van der Waals surface area contributed by atoms with Crippen LogP contribution in [-0.4, -0.2) is 27.3 Å². The van der Waals surface area contributed by atoms with E-state index in [1.54, 1.807) is 0 Å². The molecule has 0 saturated heterocycles. The van der Waals surface area contributed by atoms with E-state index in [1.807, 2.05) is 24.3 Å². The number of benzene rings is 1. The summed E-state index contributed by atoms with van der Waals surface area (Å²) in [6, 6.07) is 7.65. The van der Waals surface area contributed by atoms with Crippen molar-refractivity contribution in [1.82, 2.24) is 0 Å². The third-order valence-electron chi connectivity index (χ3n) is 2.79. The van der Waals surface area contributed by atoms with E-state index in [0.29, 0.717) is 19.5 Å². The number of hydrogen-bond acceptors (Lipinski definition) is 3. The minimum Gasteiger partial charge on any atom is -0.330 e. The fourth-order valence-corrected chi connectivity index (χ4v) is 3.57. The van der Waals surface area contributed by atoms with E-state index in [0.717, 1.165) is 17.7 Å². The first-order chi connectivity index (χ1) is 7.65. The lowest BCUT2D eigenvalue weighted by Crippen LogP contribution is -2.32. The van der Waals surface area contributed by atoms with E-state index in [1.165, 1.54) is 4.31 Å². The van der Waals surface area contributed by atoms with Crippen LogP contribution in [0.2, 0.25) is 0 Å². The zero-order chi connectivity index (χ0) is 11.6. The van der Waals surface area contributed by atoms with Gasteiger partial charge in [-0.05, 0) is 31.0 Å². The van der Waals surface area contributed by atoms with E-state index in [-0.39, 0.29) is 5.75 Å². The minimum atomic E-state index is -3.18. The molecule has 16 heavy (non-hydrogen) atoms. The van der Waals surface area contributed by atoms with Gasteiger partial charge in [0.2, 0.25) is 10.0 Å². The van der Waals surface area contributed by atoms with Crippen LogP contribution in [0.25, 0.3) is 0 Å². The van der Waals surface area contributed by atoms with Crippen molar-refractivity contribution in [3.8, 4) is 0 Å². The van der Waals surface area contributed by atoms with Gasteiger partial charge in [0, 0.05) is 6.54 Å². The Hall–Kier alpha value is -1.07. The number of anilines is 1. The topological polar surface area (TPSA) is 63.4 Å². The molecule has 0 fully saturated rings. The van der Waals surface area contributed by atoms with Gasteiger partial charge in [-0.25, -0.2) is 8.42 Å². The van der Waals surface area contributed by atoms with E-state index in [9.17, 15) is 8.42 Å². The van der Waals surface area contributed by atoms with Crippen LogP contribution in [0.4, 0.5) is 5.69 Å². The van der Waals surface area contributed by atoms with Crippen molar-refractivity contribution in [3.63, 3.8) is 0 Å². The Balaban J connectivity index is 2.25. The first-order valence-electron chi connectivity index (χ1n) is 5.43. The first kappa shape index (κ1) is 11.4. The quantitative estimate of drug-likeness (QED) is 0.843. The molecule has 0 radical (unpaired) electrons. The Labute approximate surface area is 96.1 Å². The normalized spacial score (nSPS) is 15.2. The Morgan fingerprint density at radius 3 is 2.81 bits per heavy atom. The average Bonchev–Trinajstić information content (AvgIpc) is 2.71. The lowest BCUT2D eigenvalue weighted by atomic mass is 10.2. The maximum atomic E-state index is 12.0. The Morgan fingerprint density at radius 2 is 2.06 bits per heavy atom. The minimum absolute atomic E-state index is 0.137. The van der Waals surface area contributed by atoms with Crippen molar-refractivity contribution in [1.29, 1.82) is 0 Å². The average molecular weight is 240 g/mol. The van der Waals surface area contributed by atoms with Gasteiger partial charge in [0.15, 0.2) is 0 Å². The van der Waals surface area contributed by atoms with E-state index >= 15 is 0 Å². The molecule has 0 bridgehead atoms. The molecule has 0 atom stereocenters. The smallest absolute Gasteiger partial charge is 0.235 e. The van der Waals surface area contributed by atoms with Crippen LogP contribution in [0, 0.1) is 0 Å². The number of hydrogen-bond donors (Lipinski definition) is 1. The number of fused-ring (bicyclic) bond motifs is 1. The van der Waals surface area contributed by atoms with Gasteiger partial charge in [0.05, 0.1) is 11.4 Å². The molecule has 88 valence electrons. The second-order valence-electron chi connectivity index (χ2n) is 3.91. The van der Waals surface area contributed by atoms with Gasteiger partial charge in [-0.15, -0.1) is 0 Å². The molecule has 0 aromatic heterocycles. The number of para-hydroxylation sites is 1. The van der Waals surface area contributed by atoms with Gasteiger partial charge in [0.25, 0.3) is 0 Å². The van der Waals surface area contributed by atoms with E-state index in [2.05, 4.69) is 0 Å². The summed E-state index contributed by atoms with van der Waals surface area (Å²) in [5.41, 5.74) is 7.29. The lowest BCUT2D eigenvalue weighted by Gasteiger charge is -2.19. The number of rotatable bonds is 4. The molecule has 4 nitrogen and oxygen atoms in total. The predicted molar refractivity (Wildman–Crippen MR) is 65.0 cm³/mol. The third-order valence-corrected chi connectivity index (χ3v) is 4.64. The lowest BCUT2D eigenvalue weighted by molar-refractivity contribution is 0.590. The van der Waals surface area contributed by atoms with Gasteiger partial charge in [-0.1, -0.05) is 18.2 Å². The highest BCUT2D eigenvalue weighted by Gasteiger charge is 2.28. The van der Waals surface area contributed by atoms with Crippen LogP contribution in [0.3, 0.4) is 0 Å². The SMILES string of the molecule is NCCCS(=O)(=O)N1CCc2ccccc21. The van der Waals surface area contributed by atoms with Crippen molar-refractivity contribution in [3.05, 3.63) is 29.8 Å². The molecule has 0 amide bonds. The molecule has 0 unspecified atom stereocenters. The zero-order valence-corrected chi connectivity index (χ0v) is 9.91. The second kappa shape index (κ2) is 4.43. The first-order valence-corrected chi connectivity index (χ1v) is 7.04. The summed E-state index contributed by atoms with van der Waals surface area (Å²) in [4.78, 5) is 0. The van der Waals surface area contributed by atoms with E-state index in [4.69, 9.17) is 5.73 Å². The van der Waals surface area contributed by atoms with Crippen molar-refractivity contribution >= 4 is 15.7 Å². The summed E-state index contributed by atoms with van der Waals surface area (Å²) in [7, 11) is -3.18. The molecular weight excluding hydrogens is 224 g/mol. The number of sulfonamides is 1. The fraction of sp³-hybridized carbons (Fsp3) is 0.455. The van der Waals surface area contributed by atoms with Crippen molar-refractivity contribution in [2.24, 2.45) is 5.73 Å². The summed E-state index contributed by atoms with van der Waals surface area (Å²) in [5.74, 6) is 0.137. The second-order valence-corrected chi connectivity index (χ2v) is 5.92. The Kier molecular flexibility index (Phi) is 3.16. The van der Waals surface area contributed by atoms with E-state index < -0.39 is 10.0 Å². The third kappa shape index (κ3) is 2.05. The predicted octanol–water partition coefficient (Wildman–Crippen LogP) is 0.728. The molecule has 1 aromatic rings. The summed E-state index contributed by atoms with van der Waals surface area (Å²) < 4.78 is 25.6. The van der Waals surface area contributed by atoms with Crippen LogP contribution in [0.15, 0.2) is 24.3 Å². The molecule has 0 spiro atoms. The molecule has 5 heteroatoms. The van der Waals surface area contributed by atoms with Gasteiger partial charge in [-0.3, -0.25) is 4.31 Å². The molecule has 1 aliphatic heterocycles. The monoisotopic (exact) mass is 240 g/mol. The van der Waals surface area contributed by atoms with Gasteiger partial charge >= 0.3 is 0 Å². The summed E-state index contributed by atoms with van der Waals surface area (Å²) in [6.45, 7) is 0.973. The highest BCUT2D eigenvalue weighted by molar-refractivity contribution is 7.92. The number of nitrogens with zero attached hydrogens (tertiary/aromatic N) is 1. The molecule has 1 aromatic carbocycles. The van der Waals surface area contributed by atoms with Crippen molar-refractivity contribution in [2.75, 3.05) is 23.1 Å². The van der Waals surface area contributed by atoms with Crippen LogP contribution in [0.5, 0.6) is 0 Å². The molecule has 2 rings (SSSR count). The molecule has 1 aliphatic rings. The summed E-state index contributed by atoms with van der Waals surface area (Å²) in [6.07, 6.45) is 1.32. The van der Waals surface area contributed by atoms with Crippen LogP contribution in [0.1, 0.15) is 12.0 Å². The standard InChI is InChI=1S/C11H16N2O2S/c12-7-3-9-16(14,15)13-8-6-10-4-1-2-5-11(10)13/h1-2,4-5H,3,6-9,12H2. The molecule has 2 N–H and O–H groups in total. The highest BCUT2D eigenvalue weighted by atomic mass is 32.2. The molecular formula is C11H16N2O2S. The van der Waals surface area contributed by atoms with Crippen LogP contribution in [-0.2, 0) is 16.4 Å². The summed E-state index contributed by atoms with van der Waals surface area (Å²) >= 11 is 0. The molecule has 0 saturated carbocycles. The highest BCUT2D eigenvalue weighted by Crippen LogP contribution is 2.29. The Bertz CT molecular complexity index is 471. The van der Waals surface area contributed by atoms with Gasteiger partial charge < -0.3 is 5.73 Å². The molecule has 1 heterocycles. The van der Waals surface area contributed by atoms with Crippen molar-refractivity contribution in [2.45, 2.75) is 12.8 Å². The molecule has 0 aliphatic carbocycles. The van der Waals surface area contributed by atoms with Crippen LogP contribution < -0.4 is 10.0 Å². The summed E-state index contributed by atoms with van der Waals surface area (Å²) in [5, 5.41) is 0. The maximum Gasteiger partial charge on any atom is 0.235 e. The van der Waals surface area contributed by atoms with Crippen molar-refractivity contribution < 1.29 is 8.42 Å². The van der Waals surface area contributed by atoms with Gasteiger partial charge in [0.1, 0.15) is 0 Å². The van der Waals surface area contributed by atoms with Gasteiger partial charge in [-0.2, -0.15) is 0 Å².